The Balaban J connectivity index is 1.39. The van der Waals surface area contributed by atoms with Crippen LogP contribution in [0.15, 0.2) is 53.9 Å². The molecule has 2 amide bonds. The van der Waals surface area contributed by atoms with Gasteiger partial charge < -0.3 is 10.6 Å². The van der Waals surface area contributed by atoms with Crippen LogP contribution in [0.25, 0.3) is 11.3 Å². The summed E-state index contributed by atoms with van der Waals surface area (Å²) in [5.74, 6) is -0.133. The molecule has 1 atom stereocenters. The van der Waals surface area contributed by atoms with Crippen molar-refractivity contribution in [2.24, 2.45) is 0 Å². The number of piperidine rings is 1. The van der Waals surface area contributed by atoms with Crippen LogP contribution in [0.4, 0.5) is 5.13 Å². The number of fused-ring (bicyclic) bond motifs is 1. The zero-order chi connectivity index (χ0) is 20.6. The van der Waals surface area contributed by atoms with E-state index in [9.17, 15) is 9.59 Å². The van der Waals surface area contributed by atoms with Crippen molar-refractivity contribution in [3.05, 3.63) is 70.6 Å². The first-order chi connectivity index (χ1) is 14.6. The van der Waals surface area contributed by atoms with E-state index in [-0.39, 0.29) is 11.8 Å². The highest BCUT2D eigenvalue weighted by molar-refractivity contribution is 7.14. The average Bonchev–Trinajstić information content (AvgIpc) is 3.44. The van der Waals surface area contributed by atoms with E-state index in [0.29, 0.717) is 24.5 Å². The first-order valence-corrected chi connectivity index (χ1v) is 11.2. The zero-order valence-electron chi connectivity index (χ0n) is 16.6. The molecule has 0 spiro atoms. The van der Waals surface area contributed by atoms with Crippen molar-refractivity contribution in [2.45, 2.75) is 37.5 Å². The molecule has 2 N–H and O–H groups in total. The van der Waals surface area contributed by atoms with Crippen molar-refractivity contribution in [3.8, 4) is 11.3 Å². The summed E-state index contributed by atoms with van der Waals surface area (Å²) in [6, 6.07) is 16.2. The molecule has 1 aliphatic carbocycles. The van der Waals surface area contributed by atoms with Crippen LogP contribution < -0.4 is 10.6 Å². The van der Waals surface area contributed by atoms with Crippen LogP contribution in [-0.2, 0) is 27.8 Å². The number of nitrogens with zero attached hydrogens (tertiary/aromatic N) is 1. The van der Waals surface area contributed by atoms with Crippen molar-refractivity contribution in [3.63, 3.8) is 0 Å². The summed E-state index contributed by atoms with van der Waals surface area (Å²) in [5, 5.41) is 8.48. The molecule has 2 aliphatic rings. The van der Waals surface area contributed by atoms with Crippen LogP contribution in [0.1, 0.15) is 36.0 Å². The minimum absolute atomic E-state index is 0.0116. The number of hydrogen-bond donors (Lipinski definition) is 2. The van der Waals surface area contributed by atoms with Crippen LogP contribution in [0.3, 0.4) is 0 Å². The third kappa shape index (κ3) is 3.41. The maximum atomic E-state index is 13.4. The molecule has 3 aromatic rings. The predicted octanol–water partition coefficient (Wildman–Crippen LogP) is 4.09. The number of rotatable bonds is 4. The smallest absolute Gasteiger partial charge is 0.238 e. The van der Waals surface area contributed by atoms with E-state index in [1.54, 1.807) is 0 Å². The quantitative estimate of drug-likeness (QED) is 0.672. The number of carbonyl (C=O) groups is 2. The van der Waals surface area contributed by atoms with Gasteiger partial charge in [0.05, 0.1) is 11.1 Å². The van der Waals surface area contributed by atoms with Crippen LogP contribution in [-0.4, -0.2) is 23.3 Å². The Morgan fingerprint density at radius 1 is 1.07 bits per heavy atom. The number of aromatic nitrogens is 1. The van der Waals surface area contributed by atoms with Gasteiger partial charge in [-0.05, 0) is 48.4 Å². The number of hydrogen-bond acceptors (Lipinski definition) is 4. The van der Waals surface area contributed by atoms with Gasteiger partial charge in [0, 0.05) is 23.9 Å². The molecular formula is C24H23N3O2S. The number of anilines is 1. The second-order valence-electron chi connectivity index (χ2n) is 8.05. The van der Waals surface area contributed by atoms with E-state index in [1.165, 1.54) is 28.9 Å². The molecule has 5 rings (SSSR count). The third-order valence-electron chi connectivity index (χ3n) is 6.25. The SMILES string of the molecule is O=C1CCC(C(=O)Nc2nc(-c3ccc4c(c3)CCC4)cs2)(c2ccccc2)CN1. The number of nitrogens with one attached hydrogen (secondary N) is 2. The van der Waals surface area contributed by atoms with Gasteiger partial charge in [-0.25, -0.2) is 4.98 Å². The first kappa shape index (κ1) is 19.0. The largest absolute Gasteiger partial charge is 0.355 e. The lowest BCUT2D eigenvalue weighted by Gasteiger charge is -2.36. The highest BCUT2D eigenvalue weighted by Gasteiger charge is 2.43. The Bertz CT molecular complexity index is 1100. The number of benzene rings is 2. The van der Waals surface area contributed by atoms with Gasteiger partial charge in [0.15, 0.2) is 5.13 Å². The molecule has 0 radical (unpaired) electrons. The second-order valence-corrected chi connectivity index (χ2v) is 8.91. The fraction of sp³-hybridized carbons (Fsp3) is 0.292. The van der Waals surface area contributed by atoms with Gasteiger partial charge in [0.2, 0.25) is 11.8 Å². The van der Waals surface area contributed by atoms with Gasteiger partial charge in [0.25, 0.3) is 0 Å². The van der Waals surface area contributed by atoms with Crippen LogP contribution in [0, 0.1) is 0 Å². The summed E-state index contributed by atoms with van der Waals surface area (Å²) >= 11 is 1.43. The summed E-state index contributed by atoms with van der Waals surface area (Å²) in [5.41, 5.74) is 4.96. The molecule has 1 fully saturated rings. The van der Waals surface area contributed by atoms with Crippen molar-refractivity contribution in [1.82, 2.24) is 10.3 Å². The minimum Gasteiger partial charge on any atom is -0.355 e. The van der Waals surface area contributed by atoms with Crippen LogP contribution in [0.5, 0.6) is 0 Å². The first-order valence-electron chi connectivity index (χ1n) is 10.4. The zero-order valence-corrected chi connectivity index (χ0v) is 17.4. The van der Waals surface area contributed by atoms with E-state index in [1.807, 2.05) is 35.7 Å². The maximum absolute atomic E-state index is 13.4. The van der Waals surface area contributed by atoms with Gasteiger partial charge in [-0.2, -0.15) is 0 Å². The summed E-state index contributed by atoms with van der Waals surface area (Å²) < 4.78 is 0. The lowest BCUT2D eigenvalue weighted by atomic mass is 9.74. The summed E-state index contributed by atoms with van der Waals surface area (Å²) in [6.45, 7) is 0.296. The van der Waals surface area contributed by atoms with Gasteiger partial charge in [-0.15, -0.1) is 11.3 Å². The van der Waals surface area contributed by atoms with E-state index < -0.39 is 5.41 Å². The highest BCUT2D eigenvalue weighted by Crippen LogP contribution is 2.35. The Morgan fingerprint density at radius 2 is 1.90 bits per heavy atom. The lowest BCUT2D eigenvalue weighted by Crippen LogP contribution is -2.53. The van der Waals surface area contributed by atoms with E-state index >= 15 is 0 Å². The third-order valence-corrected chi connectivity index (χ3v) is 7.00. The van der Waals surface area contributed by atoms with Gasteiger partial charge in [-0.1, -0.05) is 42.5 Å². The van der Waals surface area contributed by atoms with Crippen molar-refractivity contribution in [2.75, 3.05) is 11.9 Å². The fourth-order valence-corrected chi connectivity index (χ4v) is 5.21. The molecular weight excluding hydrogens is 394 g/mol. The Hall–Kier alpha value is -2.99. The van der Waals surface area contributed by atoms with E-state index in [0.717, 1.165) is 29.7 Å². The molecule has 30 heavy (non-hydrogen) atoms. The molecule has 2 heterocycles. The number of amides is 2. The predicted molar refractivity (Wildman–Crippen MR) is 119 cm³/mol. The fourth-order valence-electron chi connectivity index (χ4n) is 4.49. The molecule has 1 aliphatic heterocycles. The van der Waals surface area contributed by atoms with Crippen molar-refractivity contribution >= 4 is 28.3 Å². The van der Waals surface area contributed by atoms with Crippen molar-refractivity contribution in [1.29, 1.82) is 0 Å². The average molecular weight is 418 g/mol. The Morgan fingerprint density at radius 3 is 2.70 bits per heavy atom. The molecule has 1 unspecified atom stereocenters. The van der Waals surface area contributed by atoms with E-state index in [2.05, 4.69) is 33.8 Å². The normalized spacial score (nSPS) is 20.5. The van der Waals surface area contributed by atoms with Crippen molar-refractivity contribution < 1.29 is 9.59 Å². The summed E-state index contributed by atoms with van der Waals surface area (Å²) in [7, 11) is 0. The van der Waals surface area contributed by atoms with E-state index in [4.69, 9.17) is 0 Å². The maximum Gasteiger partial charge on any atom is 0.238 e. The summed E-state index contributed by atoms with van der Waals surface area (Å²) in [6.07, 6.45) is 4.32. The molecule has 5 nitrogen and oxygen atoms in total. The molecule has 1 aromatic heterocycles. The Kier molecular flexibility index (Phi) is 4.87. The topological polar surface area (TPSA) is 71.1 Å². The number of thiazole rings is 1. The monoisotopic (exact) mass is 417 g/mol. The molecule has 0 saturated carbocycles. The highest BCUT2D eigenvalue weighted by atomic mass is 32.1. The molecule has 2 aromatic carbocycles. The molecule has 152 valence electrons. The van der Waals surface area contributed by atoms with Gasteiger partial charge in [-0.3, -0.25) is 9.59 Å². The molecule has 0 bridgehead atoms. The van der Waals surface area contributed by atoms with Gasteiger partial charge in [0.1, 0.15) is 0 Å². The second kappa shape index (κ2) is 7.69. The van der Waals surface area contributed by atoms with Gasteiger partial charge >= 0.3 is 0 Å². The Labute approximate surface area is 179 Å². The standard InChI is InChI=1S/C24H23N3O2S/c28-21-11-12-24(15-25-21,19-7-2-1-3-8-19)22(29)27-23-26-20(14-30-23)18-10-9-16-5-4-6-17(16)13-18/h1-3,7-10,13-14H,4-6,11-12,15H2,(H,25,28)(H,26,27,29). The number of carbonyl (C=O) groups excluding carboxylic acids is 2. The lowest BCUT2D eigenvalue weighted by molar-refractivity contribution is -0.127. The molecule has 1 saturated heterocycles. The van der Waals surface area contributed by atoms with Crippen LogP contribution >= 0.6 is 11.3 Å². The summed E-state index contributed by atoms with van der Waals surface area (Å²) in [4.78, 5) is 29.8. The number of aryl methyl sites for hydroxylation is 2. The minimum atomic E-state index is -0.783. The van der Waals surface area contributed by atoms with Crippen LogP contribution in [0.2, 0.25) is 0 Å². The molecule has 6 heteroatoms.